The van der Waals surface area contributed by atoms with Gasteiger partial charge in [-0.2, -0.15) is 0 Å². The van der Waals surface area contributed by atoms with E-state index in [4.69, 9.17) is 16.3 Å². The summed E-state index contributed by atoms with van der Waals surface area (Å²) in [7, 11) is 0. The van der Waals surface area contributed by atoms with Crippen LogP contribution in [0.1, 0.15) is 65.4 Å². The van der Waals surface area contributed by atoms with Gasteiger partial charge in [0.1, 0.15) is 5.75 Å². The predicted octanol–water partition coefficient (Wildman–Crippen LogP) is 5.92. The second-order valence-corrected chi connectivity index (χ2v) is 8.74. The van der Waals surface area contributed by atoms with Crippen LogP contribution in [0.15, 0.2) is 18.2 Å². The van der Waals surface area contributed by atoms with E-state index in [1.54, 1.807) is 0 Å². The van der Waals surface area contributed by atoms with Crippen molar-refractivity contribution in [1.29, 1.82) is 0 Å². The Morgan fingerprint density at radius 2 is 1.83 bits per heavy atom. The van der Waals surface area contributed by atoms with E-state index < -0.39 is 0 Å². The van der Waals surface area contributed by atoms with E-state index in [9.17, 15) is 0 Å². The van der Waals surface area contributed by atoms with Crippen molar-refractivity contribution in [3.05, 3.63) is 28.8 Å². The summed E-state index contributed by atoms with van der Waals surface area (Å²) in [6.07, 6.45) is 6.33. The van der Waals surface area contributed by atoms with Crippen molar-refractivity contribution in [1.82, 2.24) is 4.90 Å². The number of benzene rings is 1. The fourth-order valence-corrected chi connectivity index (χ4v) is 3.40. The number of hydrogen-bond acceptors (Lipinski definition) is 2. The second kappa shape index (κ2) is 9.10. The first kappa shape index (κ1) is 19.6. The van der Waals surface area contributed by atoms with Gasteiger partial charge < -0.3 is 9.64 Å². The van der Waals surface area contributed by atoms with Crippen molar-refractivity contribution in [2.75, 3.05) is 26.2 Å². The lowest BCUT2D eigenvalue weighted by Gasteiger charge is -2.30. The lowest BCUT2D eigenvalue weighted by molar-refractivity contribution is 0.187. The van der Waals surface area contributed by atoms with Gasteiger partial charge in [0.05, 0.1) is 11.6 Å². The number of unbranched alkanes of at least 4 members (excludes halogenated alkanes) is 2. The van der Waals surface area contributed by atoms with Crippen LogP contribution in [-0.4, -0.2) is 31.1 Å². The van der Waals surface area contributed by atoms with Gasteiger partial charge in [-0.3, -0.25) is 0 Å². The van der Waals surface area contributed by atoms with E-state index in [0.717, 1.165) is 29.7 Å². The lowest BCUT2D eigenvalue weighted by Crippen LogP contribution is -2.33. The normalized spacial score (nSPS) is 17.2. The molecule has 2 nitrogen and oxygen atoms in total. The molecule has 0 aliphatic carbocycles. The minimum atomic E-state index is 0.119. The van der Waals surface area contributed by atoms with Crippen LogP contribution in [0.5, 0.6) is 5.75 Å². The molecule has 0 atom stereocenters. The molecule has 24 heavy (non-hydrogen) atoms. The summed E-state index contributed by atoms with van der Waals surface area (Å²) in [6, 6.07) is 6.17. The summed E-state index contributed by atoms with van der Waals surface area (Å²) >= 11 is 6.36. The van der Waals surface area contributed by atoms with Crippen molar-refractivity contribution in [3.8, 4) is 5.75 Å². The number of rotatable bonds is 7. The molecule has 0 spiro atoms. The van der Waals surface area contributed by atoms with Crippen molar-refractivity contribution in [3.63, 3.8) is 0 Å². The van der Waals surface area contributed by atoms with Gasteiger partial charge in [0.2, 0.25) is 0 Å². The van der Waals surface area contributed by atoms with Crippen LogP contribution < -0.4 is 4.74 Å². The maximum atomic E-state index is 6.36. The SMILES string of the molecule is CC1CCN(CCCCCOc2ccc(C(C)(C)C)cc2Cl)CC1. The highest BCUT2D eigenvalue weighted by Gasteiger charge is 2.16. The number of ether oxygens (including phenoxy) is 1. The van der Waals surface area contributed by atoms with E-state index in [1.165, 1.54) is 50.9 Å². The van der Waals surface area contributed by atoms with Gasteiger partial charge in [-0.25, -0.2) is 0 Å². The van der Waals surface area contributed by atoms with Crippen LogP contribution in [0.2, 0.25) is 5.02 Å². The quantitative estimate of drug-likeness (QED) is 0.565. The van der Waals surface area contributed by atoms with Gasteiger partial charge in [-0.05, 0) is 80.8 Å². The molecule has 136 valence electrons. The smallest absolute Gasteiger partial charge is 0.137 e. The Labute approximate surface area is 153 Å². The highest BCUT2D eigenvalue weighted by atomic mass is 35.5. The molecule has 1 saturated heterocycles. The zero-order valence-corrected chi connectivity index (χ0v) is 16.7. The first-order valence-corrected chi connectivity index (χ1v) is 9.89. The molecule has 1 aromatic carbocycles. The van der Waals surface area contributed by atoms with Crippen LogP contribution in [0.3, 0.4) is 0 Å². The summed E-state index contributed by atoms with van der Waals surface area (Å²) in [4.78, 5) is 2.61. The molecule has 2 rings (SSSR count). The Kier molecular flexibility index (Phi) is 7.43. The minimum Gasteiger partial charge on any atom is -0.492 e. The van der Waals surface area contributed by atoms with Gasteiger partial charge in [0.25, 0.3) is 0 Å². The standard InChI is InChI=1S/C21H34ClNO/c1-17-10-13-23(14-11-17)12-6-5-7-15-24-20-9-8-18(16-19(20)22)21(2,3)4/h8-9,16-17H,5-7,10-15H2,1-4H3. The molecule has 1 aliphatic heterocycles. The third kappa shape index (κ3) is 6.29. The summed E-state index contributed by atoms with van der Waals surface area (Å²) in [5.41, 5.74) is 1.37. The van der Waals surface area contributed by atoms with Crippen molar-refractivity contribution in [2.24, 2.45) is 5.92 Å². The van der Waals surface area contributed by atoms with Crippen LogP contribution in [0.4, 0.5) is 0 Å². The third-order valence-corrected chi connectivity index (χ3v) is 5.35. The Morgan fingerprint density at radius 1 is 1.12 bits per heavy atom. The van der Waals surface area contributed by atoms with Gasteiger partial charge in [-0.1, -0.05) is 45.4 Å². The molecule has 0 amide bonds. The Balaban J connectivity index is 1.62. The van der Waals surface area contributed by atoms with Crippen molar-refractivity contribution in [2.45, 2.75) is 65.2 Å². The number of halogens is 1. The Morgan fingerprint density at radius 3 is 2.46 bits per heavy atom. The average molecular weight is 352 g/mol. The third-order valence-electron chi connectivity index (χ3n) is 5.05. The first-order chi connectivity index (χ1) is 11.4. The Bertz CT molecular complexity index is 501. The molecule has 1 heterocycles. The largest absolute Gasteiger partial charge is 0.492 e. The predicted molar refractivity (Wildman–Crippen MR) is 104 cm³/mol. The van der Waals surface area contributed by atoms with Crippen LogP contribution in [0.25, 0.3) is 0 Å². The van der Waals surface area contributed by atoms with Crippen LogP contribution in [0, 0.1) is 5.92 Å². The van der Waals surface area contributed by atoms with Gasteiger partial charge >= 0.3 is 0 Å². The number of hydrogen-bond donors (Lipinski definition) is 0. The first-order valence-electron chi connectivity index (χ1n) is 9.51. The molecular formula is C21H34ClNO. The fraction of sp³-hybridized carbons (Fsp3) is 0.714. The van der Waals surface area contributed by atoms with E-state index in [2.05, 4.69) is 38.7 Å². The summed E-state index contributed by atoms with van der Waals surface area (Å²) in [5, 5.41) is 0.727. The molecule has 3 heteroatoms. The van der Waals surface area contributed by atoms with Crippen LogP contribution in [-0.2, 0) is 5.41 Å². The Hall–Kier alpha value is -0.730. The topological polar surface area (TPSA) is 12.5 Å². The maximum Gasteiger partial charge on any atom is 0.137 e. The number of likely N-dealkylation sites (tertiary alicyclic amines) is 1. The lowest BCUT2D eigenvalue weighted by atomic mass is 9.87. The molecule has 0 unspecified atom stereocenters. The van der Waals surface area contributed by atoms with Gasteiger partial charge in [-0.15, -0.1) is 0 Å². The molecule has 0 radical (unpaired) electrons. The van der Waals surface area contributed by atoms with Crippen molar-refractivity contribution < 1.29 is 4.74 Å². The zero-order valence-electron chi connectivity index (χ0n) is 15.9. The molecule has 0 saturated carbocycles. The molecule has 0 aromatic heterocycles. The molecule has 1 fully saturated rings. The maximum absolute atomic E-state index is 6.36. The molecule has 1 aliphatic rings. The number of piperidine rings is 1. The van der Waals surface area contributed by atoms with Crippen LogP contribution >= 0.6 is 11.6 Å². The molecule has 0 N–H and O–H groups in total. The molecule has 0 bridgehead atoms. The molecule has 1 aromatic rings. The van der Waals surface area contributed by atoms with Gasteiger partial charge in [0, 0.05) is 0 Å². The summed E-state index contributed by atoms with van der Waals surface area (Å²) in [5.74, 6) is 1.73. The minimum absolute atomic E-state index is 0.119. The summed E-state index contributed by atoms with van der Waals surface area (Å²) < 4.78 is 5.87. The monoisotopic (exact) mass is 351 g/mol. The highest BCUT2D eigenvalue weighted by Crippen LogP contribution is 2.31. The highest BCUT2D eigenvalue weighted by molar-refractivity contribution is 6.32. The fourth-order valence-electron chi connectivity index (χ4n) is 3.17. The average Bonchev–Trinajstić information content (AvgIpc) is 2.52. The second-order valence-electron chi connectivity index (χ2n) is 8.33. The van der Waals surface area contributed by atoms with Gasteiger partial charge in [0.15, 0.2) is 0 Å². The van der Waals surface area contributed by atoms with E-state index >= 15 is 0 Å². The van der Waals surface area contributed by atoms with E-state index in [1.807, 2.05) is 12.1 Å². The zero-order chi connectivity index (χ0) is 17.6. The van der Waals surface area contributed by atoms with E-state index in [-0.39, 0.29) is 5.41 Å². The van der Waals surface area contributed by atoms with Crippen molar-refractivity contribution >= 4 is 11.6 Å². The summed E-state index contributed by atoms with van der Waals surface area (Å²) in [6.45, 7) is 13.5. The molecular weight excluding hydrogens is 318 g/mol. The number of nitrogens with zero attached hydrogens (tertiary/aromatic N) is 1. The van der Waals surface area contributed by atoms with E-state index in [0.29, 0.717) is 0 Å².